The second kappa shape index (κ2) is 6.20. The van der Waals surface area contributed by atoms with Gasteiger partial charge in [-0.2, -0.15) is 0 Å². The number of fused-ring (bicyclic) bond motifs is 1. The van der Waals surface area contributed by atoms with Gasteiger partial charge in [-0.15, -0.1) is 0 Å². The Morgan fingerprint density at radius 3 is 2.68 bits per heavy atom. The van der Waals surface area contributed by atoms with Crippen molar-refractivity contribution in [2.45, 2.75) is 13.0 Å². The van der Waals surface area contributed by atoms with Crippen molar-refractivity contribution in [2.24, 2.45) is 5.73 Å². The van der Waals surface area contributed by atoms with Gasteiger partial charge in [0.2, 0.25) is 0 Å². The SMILES string of the molecule is CC(OCCOC(N)=O)c1cccc2ccccc12. The maximum absolute atomic E-state index is 10.4. The summed E-state index contributed by atoms with van der Waals surface area (Å²) in [6, 6.07) is 14.3. The number of benzene rings is 2. The normalized spacial score (nSPS) is 12.3. The lowest BCUT2D eigenvalue weighted by molar-refractivity contribution is 0.0327. The summed E-state index contributed by atoms with van der Waals surface area (Å²) in [6.07, 6.45) is -0.844. The summed E-state index contributed by atoms with van der Waals surface area (Å²) in [5, 5.41) is 2.36. The minimum atomic E-state index is -0.776. The van der Waals surface area contributed by atoms with Crippen LogP contribution >= 0.6 is 0 Å². The van der Waals surface area contributed by atoms with E-state index in [-0.39, 0.29) is 12.7 Å². The van der Waals surface area contributed by atoms with E-state index in [0.29, 0.717) is 6.61 Å². The molecule has 1 amide bonds. The molecule has 0 saturated carbocycles. The molecule has 1 unspecified atom stereocenters. The third kappa shape index (κ3) is 3.45. The van der Waals surface area contributed by atoms with E-state index < -0.39 is 6.09 Å². The molecule has 0 aliphatic carbocycles. The number of primary amides is 1. The predicted octanol–water partition coefficient (Wildman–Crippen LogP) is 3.01. The quantitative estimate of drug-likeness (QED) is 0.839. The number of nitrogens with two attached hydrogens (primary N) is 1. The average Bonchev–Trinajstić information content (AvgIpc) is 2.42. The van der Waals surface area contributed by atoms with E-state index in [1.165, 1.54) is 10.8 Å². The van der Waals surface area contributed by atoms with Gasteiger partial charge >= 0.3 is 6.09 Å². The molecule has 0 radical (unpaired) electrons. The third-order valence-corrected chi connectivity index (χ3v) is 2.96. The summed E-state index contributed by atoms with van der Waals surface area (Å²) < 4.78 is 10.3. The van der Waals surface area contributed by atoms with Crippen molar-refractivity contribution >= 4 is 16.9 Å². The van der Waals surface area contributed by atoms with Crippen LogP contribution in [0.4, 0.5) is 4.79 Å². The number of hydrogen-bond acceptors (Lipinski definition) is 3. The maximum atomic E-state index is 10.4. The van der Waals surface area contributed by atoms with E-state index in [9.17, 15) is 4.79 Å². The zero-order valence-electron chi connectivity index (χ0n) is 10.8. The van der Waals surface area contributed by atoms with Crippen molar-refractivity contribution in [1.82, 2.24) is 0 Å². The standard InChI is InChI=1S/C15H17NO3/c1-11(18-9-10-19-15(16)17)13-8-4-6-12-5-2-3-7-14(12)13/h2-8,11H,9-10H2,1H3,(H2,16,17). The van der Waals surface area contributed by atoms with Crippen molar-refractivity contribution < 1.29 is 14.3 Å². The molecule has 4 heteroatoms. The van der Waals surface area contributed by atoms with Gasteiger partial charge in [0.05, 0.1) is 12.7 Å². The first-order chi connectivity index (χ1) is 9.18. The highest BCUT2D eigenvalue weighted by atomic mass is 16.6. The summed E-state index contributed by atoms with van der Waals surface area (Å²) in [6.45, 7) is 2.48. The fraction of sp³-hybridized carbons (Fsp3) is 0.267. The van der Waals surface area contributed by atoms with Gasteiger partial charge < -0.3 is 15.2 Å². The van der Waals surface area contributed by atoms with Crippen LogP contribution in [0, 0.1) is 0 Å². The van der Waals surface area contributed by atoms with Gasteiger partial charge in [-0.3, -0.25) is 0 Å². The molecule has 0 spiro atoms. The fourth-order valence-corrected chi connectivity index (χ4v) is 2.06. The number of hydrogen-bond donors (Lipinski definition) is 1. The molecule has 100 valence electrons. The van der Waals surface area contributed by atoms with Gasteiger partial charge in [-0.1, -0.05) is 42.5 Å². The van der Waals surface area contributed by atoms with Crippen molar-refractivity contribution in [2.75, 3.05) is 13.2 Å². The van der Waals surface area contributed by atoms with E-state index in [1.807, 2.05) is 31.2 Å². The zero-order chi connectivity index (χ0) is 13.7. The van der Waals surface area contributed by atoms with Crippen molar-refractivity contribution in [1.29, 1.82) is 0 Å². The lowest BCUT2D eigenvalue weighted by Gasteiger charge is -2.15. The van der Waals surface area contributed by atoms with E-state index in [0.717, 1.165) is 5.56 Å². The van der Waals surface area contributed by atoms with Crippen LogP contribution in [0.1, 0.15) is 18.6 Å². The molecule has 0 aliphatic heterocycles. The van der Waals surface area contributed by atoms with Gasteiger partial charge in [-0.05, 0) is 23.3 Å². The van der Waals surface area contributed by atoms with Crippen LogP contribution in [-0.2, 0) is 9.47 Å². The largest absolute Gasteiger partial charge is 0.447 e. The monoisotopic (exact) mass is 259 g/mol. The van der Waals surface area contributed by atoms with E-state index in [2.05, 4.69) is 22.9 Å². The Balaban J connectivity index is 2.05. The van der Waals surface area contributed by atoms with Crippen molar-refractivity contribution in [3.8, 4) is 0 Å². The number of ether oxygens (including phenoxy) is 2. The van der Waals surface area contributed by atoms with E-state index in [1.54, 1.807) is 0 Å². The molecule has 0 heterocycles. The molecule has 0 aliphatic rings. The highest BCUT2D eigenvalue weighted by Gasteiger charge is 2.09. The van der Waals surface area contributed by atoms with E-state index in [4.69, 9.17) is 10.5 Å². The summed E-state index contributed by atoms with van der Waals surface area (Å²) in [5.41, 5.74) is 6.00. The molecule has 2 aromatic rings. The smallest absolute Gasteiger partial charge is 0.404 e. The highest BCUT2D eigenvalue weighted by molar-refractivity contribution is 5.85. The number of rotatable bonds is 5. The summed E-state index contributed by atoms with van der Waals surface area (Å²) in [4.78, 5) is 10.4. The van der Waals surface area contributed by atoms with Crippen LogP contribution in [0.5, 0.6) is 0 Å². The van der Waals surface area contributed by atoms with Crippen LogP contribution in [0.3, 0.4) is 0 Å². The molecule has 19 heavy (non-hydrogen) atoms. The topological polar surface area (TPSA) is 61.6 Å². The molecule has 0 fully saturated rings. The third-order valence-electron chi connectivity index (χ3n) is 2.96. The molecular weight excluding hydrogens is 242 g/mol. The Hall–Kier alpha value is -2.07. The first kappa shape index (κ1) is 13.4. The van der Waals surface area contributed by atoms with Gasteiger partial charge in [-0.25, -0.2) is 4.79 Å². The minimum Gasteiger partial charge on any atom is -0.447 e. The molecule has 4 nitrogen and oxygen atoms in total. The van der Waals surface area contributed by atoms with Gasteiger partial charge in [0.1, 0.15) is 6.61 Å². The molecule has 0 aromatic heterocycles. The Labute approximate surface area is 112 Å². The number of carbonyl (C=O) groups is 1. The maximum Gasteiger partial charge on any atom is 0.404 e. The van der Waals surface area contributed by atoms with Crippen molar-refractivity contribution in [3.05, 3.63) is 48.0 Å². The van der Waals surface area contributed by atoms with E-state index >= 15 is 0 Å². The molecular formula is C15H17NO3. The summed E-state index contributed by atoms with van der Waals surface area (Å²) >= 11 is 0. The molecule has 0 bridgehead atoms. The second-order valence-corrected chi connectivity index (χ2v) is 4.25. The van der Waals surface area contributed by atoms with Crippen LogP contribution < -0.4 is 5.73 Å². The average molecular weight is 259 g/mol. The molecule has 2 aromatic carbocycles. The minimum absolute atomic E-state index is 0.0671. The summed E-state index contributed by atoms with van der Waals surface area (Å²) in [7, 11) is 0. The Morgan fingerprint density at radius 2 is 1.89 bits per heavy atom. The molecule has 1 atom stereocenters. The Bertz CT molecular complexity index is 563. The molecule has 2 N–H and O–H groups in total. The first-order valence-electron chi connectivity index (χ1n) is 6.20. The van der Waals surface area contributed by atoms with Crippen LogP contribution in [0.15, 0.2) is 42.5 Å². The Morgan fingerprint density at radius 1 is 1.16 bits per heavy atom. The Kier molecular flexibility index (Phi) is 4.36. The van der Waals surface area contributed by atoms with Gasteiger partial charge in [0, 0.05) is 0 Å². The zero-order valence-corrected chi connectivity index (χ0v) is 10.8. The van der Waals surface area contributed by atoms with Crippen LogP contribution in [0.2, 0.25) is 0 Å². The predicted molar refractivity (Wildman–Crippen MR) is 73.9 cm³/mol. The van der Waals surface area contributed by atoms with Crippen molar-refractivity contribution in [3.63, 3.8) is 0 Å². The van der Waals surface area contributed by atoms with Crippen LogP contribution in [0.25, 0.3) is 10.8 Å². The lowest BCUT2D eigenvalue weighted by Crippen LogP contribution is -2.17. The summed E-state index contributed by atoms with van der Waals surface area (Å²) in [5.74, 6) is 0. The molecule has 0 saturated heterocycles. The lowest BCUT2D eigenvalue weighted by atomic mass is 10.0. The highest BCUT2D eigenvalue weighted by Crippen LogP contribution is 2.26. The number of carbonyl (C=O) groups excluding carboxylic acids is 1. The van der Waals surface area contributed by atoms with Gasteiger partial charge in [0.25, 0.3) is 0 Å². The van der Waals surface area contributed by atoms with Crippen LogP contribution in [-0.4, -0.2) is 19.3 Å². The first-order valence-corrected chi connectivity index (χ1v) is 6.20. The van der Waals surface area contributed by atoms with Gasteiger partial charge in [0.15, 0.2) is 0 Å². The fourth-order valence-electron chi connectivity index (χ4n) is 2.06. The number of amides is 1. The molecule has 2 rings (SSSR count). The second-order valence-electron chi connectivity index (χ2n) is 4.25.